The molecule has 0 bridgehead atoms. The summed E-state index contributed by atoms with van der Waals surface area (Å²) in [4.78, 5) is 0.509. The lowest BCUT2D eigenvalue weighted by atomic mass is 9.76. The molecule has 1 aliphatic rings. The van der Waals surface area contributed by atoms with Gasteiger partial charge in [0.15, 0.2) is 0 Å². The summed E-state index contributed by atoms with van der Waals surface area (Å²) in [5.74, 6) is 1.87. The first-order valence-corrected chi connectivity index (χ1v) is 4.74. The van der Waals surface area contributed by atoms with E-state index in [0.29, 0.717) is 4.90 Å². The Balaban J connectivity index is 2.27. The van der Waals surface area contributed by atoms with Gasteiger partial charge in [0.2, 0.25) is 0 Å². The smallest absolute Gasteiger partial charge is 0.000156 e. The van der Waals surface area contributed by atoms with Gasteiger partial charge >= 0.3 is 0 Å². The molecule has 2 atom stereocenters. The highest BCUT2D eigenvalue weighted by molar-refractivity contribution is 7.40. The lowest BCUT2D eigenvalue weighted by molar-refractivity contribution is 0.226. The first-order valence-electron chi connectivity index (χ1n) is 3.59. The van der Waals surface area contributed by atoms with E-state index in [9.17, 15) is 0 Å². The molecular formula is C7H16P2. The molecule has 2 heteroatoms. The van der Waals surface area contributed by atoms with Gasteiger partial charge in [0.1, 0.15) is 0 Å². The van der Waals surface area contributed by atoms with Crippen LogP contribution in [0.1, 0.15) is 26.7 Å². The number of rotatable bonds is 1. The lowest BCUT2D eigenvalue weighted by Crippen LogP contribution is -2.35. The molecule has 0 aliphatic heterocycles. The number of hydrogen-bond donors (Lipinski definition) is 0. The highest BCUT2D eigenvalue weighted by Crippen LogP contribution is 2.52. The zero-order valence-corrected chi connectivity index (χ0v) is 8.53. The van der Waals surface area contributed by atoms with Crippen LogP contribution < -0.4 is 0 Å². The second-order valence-corrected chi connectivity index (χ2v) is 6.61. The average molecular weight is 162 g/mol. The molecule has 2 unspecified atom stereocenters. The molecular weight excluding hydrogens is 146 g/mol. The van der Waals surface area contributed by atoms with E-state index >= 15 is 0 Å². The molecule has 0 N–H and O–H groups in total. The van der Waals surface area contributed by atoms with Gasteiger partial charge in [0, 0.05) is 0 Å². The summed E-state index contributed by atoms with van der Waals surface area (Å²) in [6.07, 6.45) is 2.75. The summed E-state index contributed by atoms with van der Waals surface area (Å²) in [7, 11) is 5.82. The van der Waals surface area contributed by atoms with Crippen LogP contribution in [0.4, 0.5) is 0 Å². The van der Waals surface area contributed by atoms with E-state index in [2.05, 4.69) is 32.3 Å². The average Bonchev–Trinajstić information content (AvgIpc) is 1.59. The molecule has 0 radical (unpaired) electrons. The van der Waals surface area contributed by atoms with Crippen LogP contribution in [0.2, 0.25) is 0 Å². The quantitative estimate of drug-likeness (QED) is 0.519. The van der Waals surface area contributed by atoms with Crippen molar-refractivity contribution in [2.24, 2.45) is 11.8 Å². The van der Waals surface area contributed by atoms with Crippen molar-refractivity contribution in [3.63, 3.8) is 0 Å². The minimum Gasteiger partial charge on any atom is -0.127 e. The topological polar surface area (TPSA) is 0 Å². The highest BCUT2D eigenvalue weighted by atomic mass is 31.1. The molecule has 1 fully saturated rings. The Bertz CT molecular complexity index is 99.5. The minimum absolute atomic E-state index is 0.509. The summed E-state index contributed by atoms with van der Waals surface area (Å²) < 4.78 is 0. The fourth-order valence-corrected chi connectivity index (χ4v) is 2.60. The summed E-state index contributed by atoms with van der Waals surface area (Å²) >= 11 is 0. The third-order valence-electron chi connectivity index (χ3n) is 2.23. The molecule has 0 saturated heterocycles. The second kappa shape index (κ2) is 2.48. The zero-order chi connectivity index (χ0) is 7.07. The van der Waals surface area contributed by atoms with Crippen molar-refractivity contribution in [3.8, 4) is 0 Å². The second-order valence-electron chi connectivity index (χ2n) is 3.65. The van der Waals surface area contributed by atoms with E-state index in [0.717, 1.165) is 11.8 Å². The van der Waals surface area contributed by atoms with E-state index in [1.165, 1.54) is 12.8 Å². The molecule has 1 aliphatic carbocycles. The van der Waals surface area contributed by atoms with Gasteiger partial charge in [-0.25, -0.2) is 0 Å². The van der Waals surface area contributed by atoms with Gasteiger partial charge < -0.3 is 0 Å². The van der Waals surface area contributed by atoms with E-state index in [1.54, 1.807) is 0 Å². The fourth-order valence-electron chi connectivity index (χ4n) is 1.39. The SMILES string of the molecule is CC(C)C1CC(P)(P)C1. The maximum absolute atomic E-state index is 2.91. The van der Waals surface area contributed by atoms with Gasteiger partial charge in [-0.2, -0.15) is 0 Å². The molecule has 0 spiro atoms. The Labute approximate surface area is 62.6 Å². The molecule has 0 aromatic rings. The Morgan fingerprint density at radius 2 is 1.78 bits per heavy atom. The zero-order valence-electron chi connectivity index (χ0n) is 6.22. The van der Waals surface area contributed by atoms with E-state index in [1.807, 2.05) is 0 Å². The Morgan fingerprint density at radius 1 is 1.33 bits per heavy atom. The van der Waals surface area contributed by atoms with Crippen molar-refractivity contribution in [3.05, 3.63) is 0 Å². The van der Waals surface area contributed by atoms with Crippen LogP contribution in [0, 0.1) is 11.8 Å². The predicted molar refractivity (Wildman–Crippen MR) is 49.7 cm³/mol. The van der Waals surface area contributed by atoms with Crippen LogP contribution in [0.3, 0.4) is 0 Å². The van der Waals surface area contributed by atoms with Gasteiger partial charge in [-0.1, -0.05) is 13.8 Å². The Hall–Kier alpha value is 0.860. The minimum atomic E-state index is 0.509. The summed E-state index contributed by atoms with van der Waals surface area (Å²) in [5, 5.41) is 0. The largest absolute Gasteiger partial charge is 0.127 e. The van der Waals surface area contributed by atoms with Crippen LogP contribution >= 0.6 is 18.5 Å². The van der Waals surface area contributed by atoms with E-state index in [4.69, 9.17) is 0 Å². The molecule has 0 heterocycles. The van der Waals surface area contributed by atoms with Crippen LogP contribution in [0.15, 0.2) is 0 Å². The third kappa shape index (κ3) is 1.89. The van der Waals surface area contributed by atoms with Crippen LogP contribution in [0.25, 0.3) is 0 Å². The van der Waals surface area contributed by atoms with Crippen molar-refractivity contribution in [1.82, 2.24) is 0 Å². The molecule has 54 valence electrons. The van der Waals surface area contributed by atoms with Crippen LogP contribution in [-0.2, 0) is 0 Å². The molecule has 0 nitrogen and oxygen atoms in total. The van der Waals surface area contributed by atoms with Crippen molar-refractivity contribution < 1.29 is 0 Å². The molecule has 1 saturated carbocycles. The monoisotopic (exact) mass is 162 g/mol. The predicted octanol–water partition coefficient (Wildman–Crippen LogP) is 2.50. The summed E-state index contributed by atoms with van der Waals surface area (Å²) in [6.45, 7) is 4.63. The standard InChI is InChI=1S/C7H16P2/c1-5(2)6-3-7(8,9)4-6/h5-6H,3-4,8-9H2,1-2H3. The maximum Gasteiger partial charge on any atom is -0.000156 e. The lowest BCUT2D eigenvalue weighted by Gasteiger charge is -2.44. The third-order valence-corrected chi connectivity index (χ3v) is 3.17. The maximum atomic E-state index is 2.91. The Kier molecular flexibility index (Phi) is 2.19. The van der Waals surface area contributed by atoms with Gasteiger partial charge in [-0.3, -0.25) is 0 Å². The van der Waals surface area contributed by atoms with Gasteiger partial charge in [0.05, 0.1) is 0 Å². The van der Waals surface area contributed by atoms with Gasteiger partial charge in [-0.15, -0.1) is 18.5 Å². The fraction of sp³-hybridized carbons (Fsp3) is 1.00. The normalized spacial score (nSPS) is 26.3. The Morgan fingerprint density at radius 3 is 1.89 bits per heavy atom. The van der Waals surface area contributed by atoms with E-state index in [-0.39, 0.29) is 0 Å². The summed E-state index contributed by atoms with van der Waals surface area (Å²) in [6, 6.07) is 0. The molecule has 1 rings (SSSR count). The van der Waals surface area contributed by atoms with Crippen molar-refractivity contribution in [2.75, 3.05) is 0 Å². The highest BCUT2D eigenvalue weighted by Gasteiger charge is 2.37. The van der Waals surface area contributed by atoms with E-state index < -0.39 is 0 Å². The van der Waals surface area contributed by atoms with Gasteiger partial charge in [0.25, 0.3) is 0 Å². The molecule has 0 amide bonds. The van der Waals surface area contributed by atoms with Gasteiger partial charge in [-0.05, 0) is 29.6 Å². The summed E-state index contributed by atoms with van der Waals surface area (Å²) in [5.41, 5.74) is 0. The van der Waals surface area contributed by atoms with Crippen LogP contribution in [-0.4, -0.2) is 4.90 Å². The molecule has 9 heavy (non-hydrogen) atoms. The van der Waals surface area contributed by atoms with Crippen molar-refractivity contribution in [2.45, 2.75) is 31.6 Å². The number of hydrogen-bond acceptors (Lipinski definition) is 0. The first-order chi connectivity index (χ1) is 4.01. The first kappa shape index (κ1) is 7.96. The van der Waals surface area contributed by atoms with Crippen molar-refractivity contribution in [1.29, 1.82) is 0 Å². The van der Waals surface area contributed by atoms with Crippen molar-refractivity contribution >= 4 is 18.5 Å². The molecule has 0 aromatic carbocycles. The van der Waals surface area contributed by atoms with Crippen LogP contribution in [0.5, 0.6) is 0 Å². The molecule has 0 aromatic heterocycles.